The van der Waals surface area contributed by atoms with E-state index in [9.17, 15) is 9.18 Å². The quantitative estimate of drug-likeness (QED) is 0.630. The van der Waals surface area contributed by atoms with E-state index >= 15 is 0 Å². The highest BCUT2D eigenvalue weighted by molar-refractivity contribution is 6.30. The second-order valence-corrected chi connectivity index (χ2v) is 8.88. The fraction of sp³-hybridized carbons (Fsp3) is 0.458. The number of amides is 1. The van der Waals surface area contributed by atoms with Crippen LogP contribution < -0.4 is 10.6 Å². The molecule has 1 aliphatic heterocycles. The molecule has 2 aromatic rings. The summed E-state index contributed by atoms with van der Waals surface area (Å²) in [6.45, 7) is 7.21. The number of benzene rings is 2. The van der Waals surface area contributed by atoms with Crippen LogP contribution in [-0.2, 0) is 17.8 Å². The molecule has 0 aromatic heterocycles. The Morgan fingerprint density at radius 2 is 2.03 bits per heavy atom. The fourth-order valence-electron chi connectivity index (χ4n) is 4.04. The van der Waals surface area contributed by atoms with Crippen molar-refractivity contribution >= 4 is 17.5 Å². The van der Waals surface area contributed by atoms with Crippen molar-refractivity contribution in [2.24, 2.45) is 5.92 Å². The van der Waals surface area contributed by atoms with Crippen LogP contribution in [0.25, 0.3) is 0 Å². The van der Waals surface area contributed by atoms with E-state index in [1.165, 1.54) is 6.07 Å². The largest absolute Gasteiger partial charge is 0.354 e. The maximum Gasteiger partial charge on any atom is 0.237 e. The van der Waals surface area contributed by atoms with Gasteiger partial charge in [0, 0.05) is 37.2 Å². The number of nitrogens with one attached hydrogen (secondary N) is 2. The number of likely N-dealkylation sites (tertiary alicyclic amines) is 1. The van der Waals surface area contributed by atoms with Gasteiger partial charge in [0.2, 0.25) is 5.91 Å². The van der Waals surface area contributed by atoms with Gasteiger partial charge in [-0.05, 0) is 48.1 Å². The first kappa shape index (κ1) is 22.7. The summed E-state index contributed by atoms with van der Waals surface area (Å²) in [5.41, 5.74) is 1.76. The number of rotatable bonds is 9. The van der Waals surface area contributed by atoms with Crippen LogP contribution >= 0.6 is 11.6 Å². The lowest BCUT2D eigenvalue weighted by Gasteiger charge is -2.25. The Morgan fingerprint density at radius 1 is 1.23 bits per heavy atom. The molecule has 0 spiro atoms. The van der Waals surface area contributed by atoms with Gasteiger partial charge < -0.3 is 10.6 Å². The lowest BCUT2D eigenvalue weighted by molar-refractivity contribution is -0.125. The molecule has 0 bridgehead atoms. The molecule has 0 saturated carbocycles. The van der Waals surface area contributed by atoms with Crippen LogP contribution in [0, 0.1) is 11.7 Å². The average Bonchev–Trinajstić information content (AvgIpc) is 3.10. The Bertz CT molecular complexity index is 845. The molecule has 1 saturated heterocycles. The van der Waals surface area contributed by atoms with Crippen LogP contribution in [0.5, 0.6) is 0 Å². The molecule has 0 radical (unpaired) electrons. The van der Waals surface area contributed by atoms with E-state index in [1.54, 1.807) is 12.1 Å². The molecule has 1 heterocycles. The first-order chi connectivity index (χ1) is 14.4. The summed E-state index contributed by atoms with van der Waals surface area (Å²) in [6, 6.07) is 14.6. The number of hydrogen-bond donors (Lipinski definition) is 2. The number of carbonyl (C=O) groups excluding carboxylic acids is 1. The Balaban J connectivity index is 1.54. The first-order valence-corrected chi connectivity index (χ1v) is 11.0. The van der Waals surface area contributed by atoms with E-state index in [4.69, 9.17) is 11.6 Å². The van der Waals surface area contributed by atoms with Gasteiger partial charge in [-0.25, -0.2) is 4.39 Å². The topological polar surface area (TPSA) is 44.4 Å². The third-order valence-corrected chi connectivity index (χ3v) is 5.68. The van der Waals surface area contributed by atoms with Crippen molar-refractivity contribution in [1.82, 2.24) is 15.5 Å². The van der Waals surface area contributed by atoms with Crippen LogP contribution in [0.1, 0.15) is 31.4 Å². The molecule has 1 amide bonds. The summed E-state index contributed by atoms with van der Waals surface area (Å²) in [7, 11) is 0. The zero-order valence-electron chi connectivity index (χ0n) is 17.7. The maximum atomic E-state index is 13.8. The van der Waals surface area contributed by atoms with Gasteiger partial charge in [-0.3, -0.25) is 9.69 Å². The van der Waals surface area contributed by atoms with Gasteiger partial charge in [-0.1, -0.05) is 55.8 Å². The Hall–Kier alpha value is -1.95. The summed E-state index contributed by atoms with van der Waals surface area (Å²) >= 11 is 6.08. The highest BCUT2D eigenvalue weighted by Crippen LogP contribution is 2.21. The smallest absolute Gasteiger partial charge is 0.237 e. The molecule has 6 heteroatoms. The van der Waals surface area contributed by atoms with E-state index < -0.39 is 0 Å². The van der Waals surface area contributed by atoms with Crippen molar-refractivity contribution < 1.29 is 9.18 Å². The van der Waals surface area contributed by atoms with Crippen molar-refractivity contribution in [3.8, 4) is 0 Å². The SMILES string of the molecule is CC(C)CN1C[C@@H](NCc2cccc(Cl)c2)C[C@H]1C(=O)NCCc1ccccc1F. The van der Waals surface area contributed by atoms with E-state index in [2.05, 4.69) is 29.4 Å². The van der Waals surface area contributed by atoms with Gasteiger partial charge in [0.15, 0.2) is 0 Å². The molecule has 162 valence electrons. The highest BCUT2D eigenvalue weighted by atomic mass is 35.5. The maximum absolute atomic E-state index is 13.8. The number of carbonyl (C=O) groups is 1. The van der Waals surface area contributed by atoms with Crippen LogP contribution in [-0.4, -0.2) is 42.5 Å². The predicted octanol–water partition coefficient (Wildman–Crippen LogP) is 4.03. The summed E-state index contributed by atoms with van der Waals surface area (Å²) in [5.74, 6) is 0.281. The fourth-order valence-corrected chi connectivity index (χ4v) is 4.26. The van der Waals surface area contributed by atoms with Crippen LogP contribution in [0.2, 0.25) is 5.02 Å². The zero-order valence-corrected chi connectivity index (χ0v) is 18.5. The second kappa shape index (κ2) is 10.9. The van der Waals surface area contributed by atoms with Gasteiger partial charge >= 0.3 is 0 Å². The minimum absolute atomic E-state index is 0.0269. The molecular formula is C24H31ClFN3O. The Kier molecular flexibility index (Phi) is 8.25. The van der Waals surface area contributed by atoms with Crippen LogP contribution in [0.4, 0.5) is 4.39 Å². The molecule has 30 heavy (non-hydrogen) atoms. The van der Waals surface area contributed by atoms with Gasteiger partial charge in [-0.2, -0.15) is 0 Å². The monoisotopic (exact) mass is 431 g/mol. The number of hydrogen-bond acceptors (Lipinski definition) is 3. The van der Waals surface area contributed by atoms with Gasteiger partial charge in [0.05, 0.1) is 6.04 Å². The standard InChI is InChI=1S/C24H31ClFN3O/c1-17(2)15-29-16-21(28-14-18-6-5-8-20(25)12-18)13-23(29)24(30)27-11-10-19-7-3-4-9-22(19)26/h3-9,12,17,21,23,28H,10-11,13-16H2,1-2H3,(H,27,30)/t21-,23-/m0/s1. The Morgan fingerprint density at radius 3 is 2.77 bits per heavy atom. The molecular weight excluding hydrogens is 401 g/mol. The predicted molar refractivity (Wildman–Crippen MR) is 120 cm³/mol. The third kappa shape index (κ3) is 6.53. The summed E-state index contributed by atoms with van der Waals surface area (Å²) < 4.78 is 13.8. The lowest BCUT2D eigenvalue weighted by atomic mass is 10.1. The summed E-state index contributed by atoms with van der Waals surface area (Å²) in [4.78, 5) is 15.1. The zero-order chi connectivity index (χ0) is 21.5. The molecule has 2 atom stereocenters. The third-order valence-electron chi connectivity index (χ3n) is 5.44. The van der Waals surface area contributed by atoms with Gasteiger partial charge in [-0.15, -0.1) is 0 Å². The van der Waals surface area contributed by atoms with Crippen LogP contribution in [0.3, 0.4) is 0 Å². The van der Waals surface area contributed by atoms with Crippen molar-refractivity contribution in [3.63, 3.8) is 0 Å². The first-order valence-electron chi connectivity index (χ1n) is 10.7. The molecule has 2 aromatic carbocycles. The van der Waals surface area contributed by atoms with Crippen LogP contribution in [0.15, 0.2) is 48.5 Å². The van der Waals surface area contributed by atoms with E-state index in [-0.39, 0.29) is 23.8 Å². The number of nitrogens with zero attached hydrogens (tertiary/aromatic N) is 1. The van der Waals surface area contributed by atoms with Crippen molar-refractivity contribution in [2.75, 3.05) is 19.6 Å². The summed E-state index contributed by atoms with van der Waals surface area (Å²) in [5, 5.41) is 7.32. The minimum atomic E-state index is -0.223. The molecule has 3 rings (SSSR count). The molecule has 1 aliphatic rings. The van der Waals surface area contributed by atoms with Gasteiger partial charge in [0.1, 0.15) is 5.82 Å². The molecule has 4 nitrogen and oxygen atoms in total. The minimum Gasteiger partial charge on any atom is -0.354 e. The van der Waals surface area contributed by atoms with Crippen molar-refractivity contribution in [1.29, 1.82) is 0 Å². The van der Waals surface area contributed by atoms with E-state index in [0.29, 0.717) is 24.4 Å². The van der Waals surface area contributed by atoms with Crippen molar-refractivity contribution in [2.45, 2.75) is 45.3 Å². The lowest BCUT2D eigenvalue weighted by Crippen LogP contribution is -2.45. The van der Waals surface area contributed by atoms with Gasteiger partial charge in [0.25, 0.3) is 0 Å². The van der Waals surface area contributed by atoms with E-state index in [0.717, 1.165) is 36.6 Å². The molecule has 0 unspecified atom stereocenters. The second-order valence-electron chi connectivity index (χ2n) is 8.44. The Labute approximate surface area is 183 Å². The average molecular weight is 432 g/mol. The summed E-state index contributed by atoms with van der Waals surface area (Å²) in [6.07, 6.45) is 1.25. The highest BCUT2D eigenvalue weighted by Gasteiger charge is 2.36. The molecule has 0 aliphatic carbocycles. The molecule has 2 N–H and O–H groups in total. The van der Waals surface area contributed by atoms with Crippen molar-refractivity contribution in [3.05, 3.63) is 70.5 Å². The van der Waals surface area contributed by atoms with E-state index in [1.807, 2.05) is 30.3 Å². The normalized spacial score (nSPS) is 19.4. The molecule has 1 fully saturated rings. The number of halogens is 2.